The molecule has 0 saturated carbocycles. The molecule has 1 heterocycles. The van der Waals surface area contributed by atoms with Gasteiger partial charge in [-0.2, -0.15) is 0 Å². The second-order valence-electron chi connectivity index (χ2n) is 2.43. The summed E-state index contributed by atoms with van der Waals surface area (Å²) < 4.78 is 0. The molecule has 1 aromatic heterocycles. The van der Waals surface area contributed by atoms with Gasteiger partial charge in [0, 0.05) is 19.3 Å². The van der Waals surface area contributed by atoms with Crippen molar-refractivity contribution < 1.29 is 0 Å². The van der Waals surface area contributed by atoms with Gasteiger partial charge in [0.25, 0.3) is 0 Å². The number of pyridine rings is 1. The van der Waals surface area contributed by atoms with Gasteiger partial charge in [-0.25, -0.2) is 0 Å². The summed E-state index contributed by atoms with van der Waals surface area (Å²) in [6, 6.07) is 1.91. The molecule has 0 atom stereocenters. The summed E-state index contributed by atoms with van der Waals surface area (Å²) in [7, 11) is 0. The van der Waals surface area contributed by atoms with E-state index >= 15 is 0 Å². The van der Waals surface area contributed by atoms with E-state index in [-0.39, 0.29) is 0 Å². The highest BCUT2D eigenvalue weighted by atomic mass is 35.5. The summed E-state index contributed by atoms with van der Waals surface area (Å²) >= 11 is 5.92. The zero-order chi connectivity index (χ0) is 8.97. The van der Waals surface area contributed by atoms with Gasteiger partial charge in [-0.1, -0.05) is 11.6 Å². The number of aromatic nitrogens is 1. The fraction of sp³-hybridized carbons (Fsp3) is 0.444. The normalized spacial score (nSPS) is 9.92. The molecular weight excluding hydrogens is 172 g/mol. The Morgan fingerprint density at radius 3 is 2.67 bits per heavy atom. The molecule has 0 unspecified atom stereocenters. The zero-order valence-corrected chi connectivity index (χ0v) is 8.10. The van der Waals surface area contributed by atoms with E-state index in [2.05, 4.69) is 29.9 Å². The van der Waals surface area contributed by atoms with Gasteiger partial charge in [0.15, 0.2) is 0 Å². The van der Waals surface area contributed by atoms with Crippen LogP contribution in [0.1, 0.15) is 13.8 Å². The Morgan fingerprint density at radius 1 is 1.50 bits per heavy atom. The fourth-order valence-corrected chi connectivity index (χ4v) is 1.37. The van der Waals surface area contributed by atoms with Crippen molar-refractivity contribution in [3.63, 3.8) is 0 Å². The Bertz CT molecular complexity index is 246. The van der Waals surface area contributed by atoms with Crippen molar-refractivity contribution >= 4 is 17.3 Å². The van der Waals surface area contributed by atoms with Crippen LogP contribution in [-0.2, 0) is 0 Å². The second kappa shape index (κ2) is 4.31. The quantitative estimate of drug-likeness (QED) is 0.716. The molecule has 1 radical (unpaired) electrons. The number of hydrogen-bond donors (Lipinski definition) is 0. The average molecular weight is 184 g/mol. The van der Waals surface area contributed by atoms with Crippen LogP contribution in [0.5, 0.6) is 0 Å². The van der Waals surface area contributed by atoms with Gasteiger partial charge in [-0.15, -0.1) is 0 Å². The summed E-state index contributed by atoms with van der Waals surface area (Å²) in [5.74, 6) is 0. The molecule has 0 amide bonds. The highest BCUT2D eigenvalue weighted by Gasteiger charge is 2.05. The molecule has 0 fully saturated rings. The first kappa shape index (κ1) is 9.33. The first-order valence-corrected chi connectivity index (χ1v) is 4.44. The topological polar surface area (TPSA) is 16.1 Å². The number of nitrogens with zero attached hydrogens (tertiary/aromatic N) is 2. The molecule has 0 aliphatic rings. The van der Waals surface area contributed by atoms with Gasteiger partial charge in [-0.05, 0) is 19.9 Å². The number of rotatable bonds is 3. The van der Waals surface area contributed by atoms with Crippen LogP contribution >= 0.6 is 11.6 Å². The first-order chi connectivity index (χ1) is 5.79. The predicted octanol–water partition coefficient (Wildman–Crippen LogP) is 2.38. The van der Waals surface area contributed by atoms with Crippen molar-refractivity contribution in [3.8, 4) is 0 Å². The Balaban J connectivity index is 2.92. The van der Waals surface area contributed by atoms with Crippen molar-refractivity contribution in [3.05, 3.63) is 23.5 Å². The number of hydrogen-bond acceptors (Lipinski definition) is 2. The maximum absolute atomic E-state index is 5.92. The van der Waals surface area contributed by atoms with E-state index in [1.807, 2.05) is 6.07 Å². The SMILES string of the molecule is CCN(CC)c1ccn[c]c1Cl. The Hall–Kier alpha value is -0.760. The molecule has 3 heteroatoms. The van der Waals surface area contributed by atoms with Crippen molar-refractivity contribution in [1.82, 2.24) is 4.98 Å². The van der Waals surface area contributed by atoms with E-state index in [0.29, 0.717) is 5.02 Å². The maximum Gasteiger partial charge on any atom is 0.111 e. The molecule has 0 aliphatic carbocycles. The molecule has 0 saturated heterocycles. The minimum Gasteiger partial charge on any atom is -0.371 e. The largest absolute Gasteiger partial charge is 0.371 e. The van der Waals surface area contributed by atoms with E-state index in [1.54, 1.807) is 6.20 Å². The van der Waals surface area contributed by atoms with Gasteiger partial charge >= 0.3 is 0 Å². The molecule has 0 bridgehead atoms. The van der Waals surface area contributed by atoms with Gasteiger partial charge in [0.1, 0.15) is 6.20 Å². The van der Waals surface area contributed by atoms with Crippen LogP contribution in [0.4, 0.5) is 5.69 Å². The van der Waals surface area contributed by atoms with Crippen molar-refractivity contribution in [2.75, 3.05) is 18.0 Å². The third-order valence-corrected chi connectivity index (χ3v) is 2.08. The molecule has 1 rings (SSSR count). The van der Waals surface area contributed by atoms with E-state index < -0.39 is 0 Å². The van der Waals surface area contributed by atoms with Crippen molar-refractivity contribution in [2.24, 2.45) is 0 Å². The number of anilines is 1. The fourth-order valence-electron chi connectivity index (χ4n) is 1.14. The van der Waals surface area contributed by atoms with E-state index in [0.717, 1.165) is 18.8 Å². The van der Waals surface area contributed by atoms with Crippen LogP contribution in [0.2, 0.25) is 5.02 Å². The molecule has 0 spiro atoms. The summed E-state index contributed by atoms with van der Waals surface area (Å²) in [5, 5.41) is 0.598. The lowest BCUT2D eigenvalue weighted by atomic mass is 10.3. The van der Waals surface area contributed by atoms with Crippen molar-refractivity contribution in [1.29, 1.82) is 0 Å². The molecule has 1 aromatic rings. The zero-order valence-electron chi connectivity index (χ0n) is 7.34. The molecule has 0 N–H and O–H groups in total. The highest BCUT2D eigenvalue weighted by molar-refractivity contribution is 6.32. The van der Waals surface area contributed by atoms with Crippen LogP contribution in [0.25, 0.3) is 0 Å². The van der Waals surface area contributed by atoms with Crippen LogP contribution in [0.15, 0.2) is 12.3 Å². The van der Waals surface area contributed by atoms with Crippen molar-refractivity contribution in [2.45, 2.75) is 13.8 Å². The van der Waals surface area contributed by atoms with Gasteiger partial charge in [0.05, 0.1) is 10.7 Å². The lowest BCUT2D eigenvalue weighted by Crippen LogP contribution is -2.22. The maximum atomic E-state index is 5.92. The molecule has 2 nitrogen and oxygen atoms in total. The average Bonchev–Trinajstić information content (AvgIpc) is 2.10. The van der Waals surface area contributed by atoms with Crippen LogP contribution in [0.3, 0.4) is 0 Å². The molecule has 12 heavy (non-hydrogen) atoms. The van der Waals surface area contributed by atoms with Crippen LogP contribution in [-0.4, -0.2) is 18.1 Å². The van der Waals surface area contributed by atoms with Gasteiger partial charge in [0.2, 0.25) is 0 Å². The first-order valence-electron chi connectivity index (χ1n) is 4.06. The Kier molecular flexibility index (Phi) is 3.35. The predicted molar refractivity (Wildman–Crippen MR) is 51.6 cm³/mol. The van der Waals surface area contributed by atoms with Crippen LogP contribution in [0, 0.1) is 6.20 Å². The molecule has 65 valence electrons. The standard InChI is InChI=1S/C9H12ClN2/c1-3-12(4-2)9-5-6-11-7-8(9)10/h5-6H,3-4H2,1-2H3. The lowest BCUT2D eigenvalue weighted by Gasteiger charge is -2.21. The monoisotopic (exact) mass is 183 g/mol. The third-order valence-electron chi connectivity index (χ3n) is 1.80. The summed E-state index contributed by atoms with van der Waals surface area (Å²) in [5.41, 5.74) is 1.01. The summed E-state index contributed by atoms with van der Waals surface area (Å²) in [6.45, 7) is 6.10. The third kappa shape index (κ3) is 1.89. The second-order valence-corrected chi connectivity index (χ2v) is 2.81. The highest BCUT2D eigenvalue weighted by Crippen LogP contribution is 2.22. The molecule has 0 aliphatic heterocycles. The Labute approximate surface area is 78.2 Å². The van der Waals surface area contributed by atoms with Gasteiger partial charge in [-0.3, -0.25) is 4.98 Å². The minimum atomic E-state index is 0.598. The summed E-state index contributed by atoms with van der Waals surface area (Å²) in [4.78, 5) is 5.98. The van der Waals surface area contributed by atoms with E-state index in [4.69, 9.17) is 11.6 Å². The molecular formula is C9H12ClN2. The Morgan fingerprint density at radius 2 is 2.17 bits per heavy atom. The summed E-state index contributed by atoms with van der Waals surface area (Å²) in [6.07, 6.45) is 4.43. The lowest BCUT2D eigenvalue weighted by molar-refractivity contribution is 0.864. The van der Waals surface area contributed by atoms with Crippen LogP contribution < -0.4 is 4.90 Å². The van der Waals surface area contributed by atoms with E-state index in [1.165, 1.54) is 0 Å². The smallest absolute Gasteiger partial charge is 0.111 e. The van der Waals surface area contributed by atoms with Gasteiger partial charge < -0.3 is 4.90 Å². The van der Waals surface area contributed by atoms with E-state index in [9.17, 15) is 0 Å². The number of halogens is 1. The molecule has 0 aromatic carbocycles. The minimum absolute atomic E-state index is 0.598.